The molecule has 1 heterocycles. The molecule has 0 saturated carbocycles. The minimum absolute atomic E-state index is 0.0424. The van der Waals surface area contributed by atoms with Gasteiger partial charge in [0.2, 0.25) is 5.91 Å². The minimum Gasteiger partial charge on any atom is -0.497 e. The minimum atomic E-state index is -0.269. The number of fused-ring (bicyclic) bond motifs is 1. The number of nitrogens with one attached hydrogen (secondary N) is 1. The van der Waals surface area contributed by atoms with Gasteiger partial charge in [-0.25, -0.2) is 0 Å². The van der Waals surface area contributed by atoms with Crippen molar-refractivity contribution in [1.82, 2.24) is 9.47 Å². The number of para-hydroxylation sites is 1. The lowest BCUT2D eigenvalue weighted by molar-refractivity contribution is -0.116. The first-order valence-corrected chi connectivity index (χ1v) is 8.23. The predicted molar refractivity (Wildman–Crippen MR) is 102 cm³/mol. The second kappa shape index (κ2) is 7.31. The first-order valence-electron chi connectivity index (χ1n) is 8.23. The van der Waals surface area contributed by atoms with Crippen molar-refractivity contribution >= 4 is 28.4 Å². The predicted octanol–water partition coefficient (Wildman–Crippen LogP) is 2.90. The number of rotatable bonds is 5. The van der Waals surface area contributed by atoms with Crippen LogP contribution in [0.15, 0.2) is 54.7 Å². The normalized spacial score (nSPS) is 10.6. The molecule has 0 radical (unpaired) electrons. The maximum Gasteiger partial charge on any atom is 0.256 e. The van der Waals surface area contributed by atoms with Gasteiger partial charge in [0.1, 0.15) is 5.75 Å². The molecular formula is C20H21N3O3. The Balaban J connectivity index is 1.71. The molecule has 0 aliphatic heterocycles. The number of anilines is 1. The molecule has 0 aliphatic rings. The van der Waals surface area contributed by atoms with Crippen molar-refractivity contribution in [1.29, 1.82) is 0 Å². The van der Waals surface area contributed by atoms with Crippen LogP contribution in [0.3, 0.4) is 0 Å². The second-order valence-electron chi connectivity index (χ2n) is 6.11. The fourth-order valence-electron chi connectivity index (χ4n) is 2.91. The van der Waals surface area contributed by atoms with E-state index in [9.17, 15) is 9.59 Å². The van der Waals surface area contributed by atoms with Gasteiger partial charge in [0.05, 0.1) is 19.2 Å². The Hall–Kier alpha value is -3.28. The molecule has 3 aromatic rings. The van der Waals surface area contributed by atoms with Crippen LogP contribution in [0.5, 0.6) is 5.75 Å². The fraction of sp³-hybridized carbons (Fsp3) is 0.200. The van der Waals surface area contributed by atoms with E-state index >= 15 is 0 Å². The number of aromatic nitrogens is 1. The fourth-order valence-corrected chi connectivity index (χ4v) is 2.91. The van der Waals surface area contributed by atoms with Crippen LogP contribution in [0.25, 0.3) is 10.9 Å². The topological polar surface area (TPSA) is 63.6 Å². The maximum absolute atomic E-state index is 12.8. The maximum atomic E-state index is 12.8. The molecule has 2 aromatic carbocycles. The number of carbonyl (C=O) groups excluding carboxylic acids is 2. The summed E-state index contributed by atoms with van der Waals surface area (Å²) in [5.74, 6) is 0.194. The van der Waals surface area contributed by atoms with E-state index in [4.69, 9.17) is 4.74 Å². The third kappa shape index (κ3) is 3.54. The molecule has 0 saturated heterocycles. The molecule has 0 bridgehead atoms. The van der Waals surface area contributed by atoms with Gasteiger partial charge < -0.3 is 19.5 Å². The number of hydrogen-bond donors (Lipinski definition) is 1. The van der Waals surface area contributed by atoms with E-state index < -0.39 is 0 Å². The number of methoxy groups -OCH3 is 1. The lowest BCUT2D eigenvalue weighted by atomic mass is 10.1. The Kier molecular flexibility index (Phi) is 4.93. The molecular weight excluding hydrogens is 330 g/mol. The van der Waals surface area contributed by atoms with E-state index in [2.05, 4.69) is 5.32 Å². The van der Waals surface area contributed by atoms with Crippen molar-refractivity contribution in [2.75, 3.05) is 26.0 Å². The van der Waals surface area contributed by atoms with Gasteiger partial charge in [-0.05, 0) is 18.2 Å². The molecule has 1 aromatic heterocycles. The SMILES string of the molecule is COc1cccc(NC(=O)CN(C)C(=O)c2cn(C)c3ccccc23)c1. The van der Waals surface area contributed by atoms with E-state index in [0.29, 0.717) is 17.0 Å². The van der Waals surface area contributed by atoms with Crippen LogP contribution in [0, 0.1) is 0 Å². The van der Waals surface area contributed by atoms with Gasteiger partial charge in [-0.15, -0.1) is 0 Å². The Morgan fingerprint density at radius 3 is 2.69 bits per heavy atom. The molecule has 26 heavy (non-hydrogen) atoms. The molecule has 6 heteroatoms. The largest absolute Gasteiger partial charge is 0.497 e. The zero-order valence-corrected chi connectivity index (χ0v) is 15.0. The molecule has 0 spiro atoms. The second-order valence-corrected chi connectivity index (χ2v) is 6.11. The highest BCUT2D eigenvalue weighted by molar-refractivity contribution is 6.08. The van der Waals surface area contributed by atoms with E-state index in [-0.39, 0.29) is 18.4 Å². The zero-order chi connectivity index (χ0) is 18.7. The molecule has 3 rings (SSSR count). The molecule has 134 valence electrons. The van der Waals surface area contributed by atoms with E-state index in [1.54, 1.807) is 44.6 Å². The quantitative estimate of drug-likeness (QED) is 0.769. The Labute approximate surface area is 152 Å². The summed E-state index contributed by atoms with van der Waals surface area (Å²) < 4.78 is 7.05. The number of aryl methyl sites for hydroxylation is 1. The first-order chi connectivity index (χ1) is 12.5. The van der Waals surface area contributed by atoms with Crippen molar-refractivity contribution in [2.24, 2.45) is 7.05 Å². The van der Waals surface area contributed by atoms with Crippen LogP contribution >= 0.6 is 0 Å². The number of amides is 2. The van der Waals surface area contributed by atoms with Crippen molar-refractivity contribution in [3.8, 4) is 5.75 Å². The van der Waals surface area contributed by atoms with Crippen LogP contribution in [-0.4, -0.2) is 42.0 Å². The average molecular weight is 351 g/mol. The number of benzene rings is 2. The average Bonchev–Trinajstić information content (AvgIpc) is 2.98. The van der Waals surface area contributed by atoms with Gasteiger partial charge >= 0.3 is 0 Å². The van der Waals surface area contributed by atoms with Gasteiger partial charge in [0, 0.05) is 42.9 Å². The van der Waals surface area contributed by atoms with E-state index in [1.165, 1.54) is 4.90 Å². The van der Waals surface area contributed by atoms with E-state index in [0.717, 1.165) is 10.9 Å². The van der Waals surface area contributed by atoms with Crippen LogP contribution in [0.4, 0.5) is 5.69 Å². The lowest BCUT2D eigenvalue weighted by Crippen LogP contribution is -2.34. The van der Waals surface area contributed by atoms with E-state index in [1.807, 2.05) is 35.9 Å². The van der Waals surface area contributed by atoms with Crippen LogP contribution < -0.4 is 10.1 Å². The van der Waals surface area contributed by atoms with Crippen molar-refractivity contribution in [3.63, 3.8) is 0 Å². The number of nitrogens with zero attached hydrogens (tertiary/aromatic N) is 2. The Morgan fingerprint density at radius 1 is 1.15 bits per heavy atom. The van der Waals surface area contributed by atoms with Crippen molar-refractivity contribution < 1.29 is 14.3 Å². The summed E-state index contributed by atoms with van der Waals surface area (Å²) in [4.78, 5) is 26.5. The summed E-state index contributed by atoms with van der Waals surface area (Å²) >= 11 is 0. The molecule has 0 unspecified atom stereocenters. The van der Waals surface area contributed by atoms with Crippen LogP contribution in [0.2, 0.25) is 0 Å². The van der Waals surface area contributed by atoms with Gasteiger partial charge in [-0.3, -0.25) is 9.59 Å². The standard InChI is InChI=1S/C20H21N3O3/c1-22-12-17(16-9-4-5-10-18(16)22)20(25)23(2)13-19(24)21-14-7-6-8-15(11-14)26-3/h4-12H,13H2,1-3H3,(H,21,24). The molecule has 2 amide bonds. The first kappa shape index (κ1) is 17.5. The summed E-state index contributed by atoms with van der Waals surface area (Å²) in [5.41, 5.74) is 2.19. The van der Waals surface area contributed by atoms with Crippen molar-refractivity contribution in [2.45, 2.75) is 0 Å². The number of hydrogen-bond acceptors (Lipinski definition) is 3. The van der Waals surface area contributed by atoms with Crippen molar-refractivity contribution in [3.05, 3.63) is 60.3 Å². The third-order valence-corrected chi connectivity index (χ3v) is 4.21. The molecule has 0 atom stereocenters. The van der Waals surface area contributed by atoms with Gasteiger partial charge in [-0.1, -0.05) is 24.3 Å². The Bertz CT molecular complexity index is 962. The zero-order valence-electron chi connectivity index (χ0n) is 15.0. The molecule has 1 N–H and O–H groups in total. The van der Waals surface area contributed by atoms with Gasteiger partial charge in [0.15, 0.2) is 0 Å². The van der Waals surface area contributed by atoms with Crippen LogP contribution in [-0.2, 0) is 11.8 Å². The summed E-state index contributed by atoms with van der Waals surface area (Å²) in [7, 11) is 5.08. The molecule has 6 nitrogen and oxygen atoms in total. The number of carbonyl (C=O) groups is 2. The monoisotopic (exact) mass is 351 g/mol. The van der Waals surface area contributed by atoms with Gasteiger partial charge in [0.25, 0.3) is 5.91 Å². The highest BCUT2D eigenvalue weighted by Crippen LogP contribution is 2.21. The lowest BCUT2D eigenvalue weighted by Gasteiger charge is -2.16. The third-order valence-electron chi connectivity index (χ3n) is 4.21. The smallest absolute Gasteiger partial charge is 0.256 e. The van der Waals surface area contributed by atoms with Gasteiger partial charge in [-0.2, -0.15) is 0 Å². The van der Waals surface area contributed by atoms with Crippen LogP contribution in [0.1, 0.15) is 10.4 Å². The summed E-state index contributed by atoms with van der Waals surface area (Å²) in [6.07, 6.45) is 1.80. The Morgan fingerprint density at radius 2 is 1.92 bits per heavy atom. The number of likely N-dealkylation sites (N-methyl/N-ethyl adjacent to an activating group) is 1. The molecule has 0 fully saturated rings. The summed E-state index contributed by atoms with van der Waals surface area (Å²) in [6, 6.07) is 14.8. The molecule has 0 aliphatic carbocycles. The highest BCUT2D eigenvalue weighted by Gasteiger charge is 2.19. The summed E-state index contributed by atoms with van der Waals surface area (Å²) in [5, 5.41) is 3.65. The number of ether oxygens (including phenoxy) is 1. The highest BCUT2D eigenvalue weighted by atomic mass is 16.5. The summed E-state index contributed by atoms with van der Waals surface area (Å²) in [6.45, 7) is -0.0424.